The first-order valence-electron chi connectivity index (χ1n) is 4.41. The van der Waals surface area contributed by atoms with E-state index in [0.29, 0.717) is 6.42 Å². The van der Waals surface area contributed by atoms with Crippen molar-refractivity contribution >= 4 is 11.9 Å². The maximum atomic E-state index is 11.5. The van der Waals surface area contributed by atoms with Crippen LogP contribution in [0.3, 0.4) is 0 Å². The van der Waals surface area contributed by atoms with Crippen LogP contribution in [0.2, 0.25) is 0 Å². The molecular weight excluding hydrogens is 184 g/mol. The third kappa shape index (κ3) is 1.87. The molecule has 0 fully saturated rings. The van der Waals surface area contributed by atoms with Gasteiger partial charge >= 0.3 is 11.9 Å². The standard InChI is InChI=1S/C10H12O4/c1-4-7-5-6-13-8(11)10(2,3)9(12)14-7/h7H,4H2,1-3H3. The maximum Gasteiger partial charge on any atom is 0.336 e. The molecule has 0 aromatic carbocycles. The van der Waals surface area contributed by atoms with Crippen molar-refractivity contribution in [2.45, 2.75) is 33.3 Å². The van der Waals surface area contributed by atoms with E-state index < -0.39 is 23.5 Å². The summed E-state index contributed by atoms with van der Waals surface area (Å²) < 4.78 is 9.61. The average Bonchev–Trinajstić information content (AvgIpc) is 2.14. The van der Waals surface area contributed by atoms with Gasteiger partial charge in [0.15, 0.2) is 11.5 Å². The van der Waals surface area contributed by atoms with Gasteiger partial charge in [-0.15, -0.1) is 0 Å². The van der Waals surface area contributed by atoms with E-state index in [-0.39, 0.29) is 0 Å². The number of rotatable bonds is 1. The molecule has 0 aromatic heterocycles. The first-order chi connectivity index (χ1) is 6.48. The van der Waals surface area contributed by atoms with Crippen LogP contribution in [0.1, 0.15) is 27.2 Å². The highest BCUT2D eigenvalue weighted by atomic mass is 16.6. The SMILES string of the molecule is CCC1C#COC(=O)C(C)(C)C(=O)O1. The molecular formula is C10H12O4. The molecule has 1 rings (SSSR count). The maximum absolute atomic E-state index is 11.5. The number of esters is 2. The molecule has 4 nitrogen and oxygen atoms in total. The van der Waals surface area contributed by atoms with Crippen LogP contribution in [0, 0.1) is 17.4 Å². The molecule has 0 aliphatic carbocycles. The Morgan fingerprint density at radius 1 is 1.36 bits per heavy atom. The van der Waals surface area contributed by atoms with Gasteiger partial charge in [0, 0.05) is 0 Å². The van der Waals surface area contributed by atoms with Crippen molar-refractivity contribution < 1.29 is 19.1 Å². The first kappa shape index (κ1) is 10.6. The van der Waals surface area contributed by atoms with Crippen molar-refractivity contribution in [3.63, 3.8) is 0 Å². The van der Waals surface area contributed by atoms with Crippen molar-refractivity contribution in [3.8, 4) is 12.0 Å². The zero-order valence-corrected chi connectivity index (χ0v) is 8.42. The summed E-state index contributed by atoms with van der Waals surface area (Å²) in [4.78, 5) is 22.7. The Morgan fingerprint density at radius 3 is 2.57 bits per heavy atom. The third-order valence-corrected chi connectivity index (χ3v) is 2.00. The Kier molecular flexibility index (Phi) is 2.80. The smallest absolute Gasteiger partial charge is 0.336 e. The Labute approximate surface area is 82.6 Å². The van der Waals surface area contributed by atoms with Crippen LogP contribution >= 0.6 is 0 Å². The lowest BCUT2D eigenvalue weighted by Gasteiger charge is -2.22. The van der Waals surface area contributed by atoms with Crippen LogP contribution in [0.25, 0.3) is 0 Å². The molecule has 4 heteroatoms. The molecule has 0 spiro atoms. The molecule has 1 aliphatic rings. The average molecular weight is 196 g/mol. The zero-order valence-electron chi connectivity index (χ0n) is 8.42. The van der Waals surface area contributed by atoms with E-state index in [2.05, 4.69) is 16.8 Å². The molecule has 0 saturated carbocycles. The van der Waals surface area contributed by atoms with Crippen LogP contribution < -0.4 is 0 Å². The molecule has 0 aromatic rings. The van der Waals surface area contributed by atoms with E-state index in [9.17, 15) is 9.59 Å². The molecule has 14 heavy (non-hydrogen) atoms. The summed E-state index contributed by atoms with van der Waals surface area (Å²) in [5.41, 5.74) is -1.28. The Hall–Kier alpha value is -1.50. The summed E-state index contributed by atoms with van der Waals surface area (Å²) in [6.07, 6.45) is 2.32. The molecule has 1 unspecified atom stereocenters. The predicted octanol–water partition coefficient (Wildman–Crippen LogP) is 0.852. The van der Waals surface area contributed by atoms with Crippen LogP contribution in [0.4, 0.5) is 0 Å². The van der Waals surface area contributed by atoms with Crippen LogP contribution in [-0.2, 0) is 19.1 Å². The van der Waals surface area contributed by atoms with Gasteiger partial charge in [0.2, 0.25) is 0 Å². The zero-order chi connectivity index (χ0) is 10.8. The fourth-order valence-electron chi connectivity index (χ4n) is 0.844. The quantitative estimate of drug-likeness (QED) is 0.354. The summed E-state index contributed by atoms with van der Waals surface area (Å²) in [5.74, 6) is 1.26. The fourth-order valence-corrected chi connectivity index (χ4v) is 0.844. The molecule has 0 N–H and O–H groups in total. The second-order valence-corrected chi connectivity index (χ2v) is 3.56. The Morgan fingerprint density at radius 2 is 2.00 bits per heavy atom. The highest BCUT2D eigenvalue weighted by Crippen LogP contribution is 2.21. The van der Waals surface area contributed by atoms with Crippen molar-refractivity contribution in [2.24, 2.45) is 5.41 Å². The summed E-state index contributed by atoms with van der Waals surface area (Å²) in [6, 6.07) is 0. The summed E-state index contributed by atoms with van der Waals surface area (Å²) in [5, 5.41) is 0. The second-order valence-electron chi connectivity index (χ2n) is 3.56. The van der Waals surface area contributed by atoms with Gasteiger partial charge < -0.3 is 9.47 Å². The number of ether oxygens (including phenoxy) is 2. The Balaban J connectivity index is 2.95. The van der Waals surface area contributed by atoms with E-state index in [1.807, 2.05) is 6.92 Å². The van der Waals surface area contributed by atoms with Crippen molar-refractivity contribution in [2.75, 3.05) is 0 Å². The van der Waals surface area contributed by atoms with Crippen molar-refractivity contribution in [1.29, 1.82) is 0 Å². The van der Waals surface area contributed by atoms with E-state index in [0.717, 1.165) is 0 Å². The van der Waals surface area contributed by atoms with Gasteiger partial charge in [-0.25, -0.2) is 4.79 Å². The van der Waals surface area contributed by atoms with Gasteiger partial charge in [0.25, 0.3) is 0 Å². The number of carbonyl (C=O) groups is 2. The summed E-state index contributed by atoms with van der Waals surface area (Å²) in [7, 11) is 0. The molecule has 76 valence electrons. The molecule has 0 amide bonds. The fraction of sp³-hybridized carbons (Fsp3) is 0.600. The van der Waals surface area contributed by atoms with Gasteiger partial charge in [-0.3, -0.25) is 4.79 Å². The van der Waals surface area contributed by atoms with Crippen LogP contribution in [-0.4, -0.2) is 18.0 Å². The normalized spacial score (nSPS) is 24.9. The van der Waals surface area contributed by atoms with E-state index in [4.69, 9.17) is 4.74 Å². The van der Waals surface area contributed by atoms with Crippen LogP contribution in [0.5, 0.6) is 0 Å². The second kappa shape index (κ2) is 3.70. The van der Waals surface area contributed by atoms with E-state index in [1.54, 1.807) is 0 Å². The first-order valence-corrected chi connectivity index (χ1v) is 4.41. The number of hydrogen-bond donors (Lipinski definition) is 0. The monoisotopic (exact) mass is 196 g/mol. The minimum absolute atomic E-state index is 0.491. The van der Waals surface area contributed by atoms with E-state index in [1.165, 1.54) is 13.8 Å². The number of hydrogen-bond acceptors (Lipinski definition) is 4. The predicted molar refractivity (Wildman–Crippen MR) is 47.8 cm³/mol. The van der Waals surface area contributed by atoms with Gasteiger partial charge in [-0.05, 0) is 26.2 Å². The van der Waals surface area contributed by atoms with Crippen molar-refractivity contribution in [1.82, 2.24) is 0 Å². The van der Waals surface area contributed by atoms with Gasteiger partial charge in [-0.1, -0.05) is 6.92 Å². The van der Waals surface area contributed by atoms with Crippen LogP contribution in [0.15, 0.2) is 0 Å². The molecule has 0 saturated heterocycles. The molecule has 0 radical (unpaired) electrons. The molecule has 1 heterocycles. The van der Waals surface area contributed by atoms with Gasteiger partial charge in [0.05, 0.1) is 0 Å². The lowest BCUT2D eigenvalue weighted by molar-refractivity contribution is -0.168. The summed E-state index contributed by atoms with van der Waals surface area (Å²) in [6.45, 7) is 4.75. The summed E-state index contributed by atoms with van der Waals surface area (Å²) >= 11 is 0. The lowest BCUT2D eigenvalue weighted by Crippen LogP contribution is -2.38. The van der Waals surface area contributed by atoms with Gasteiger partial charge in [0.1, 0.15) is 6.11 Å². The topological polar surface area (TPSA) is 52.6 Å². The third-order valence-electron chi connectivity index (χ3n) is 2.00. The highest BCUT2D eigenvalue weighted by Gasteiger charge is 2.41. The highest BCUT2D eigenvalue weighted by molar-refractivity contribution is 5.99. The largest absolute Gasteiger partial charge is 0.448 e. The lowest BCUT2D eigenvalue weighted by atomic mass is 9.94. The Bertz CT molecular complexity index is 319. The molecule has 1 atom stereocenters. The van der Waals surface area contributed by atoms with Gasteiger partial charge in [-0.2, -0.15) is 0 Å². The minimum Gasteiger partial charge on any atom is -0.448 e. The molecule has 0 bridgehead atoms. The number of cyclic esters (lactones) is 2. The minimum atomic E-state index is -1.28. The molecule has 1 aliphatic heterocycles. The number of carbonyl (C=O) groups excluding carboxylic acids is 2. The van der Waals surface area contributed by atoms with E-state index >= 15 is 0 Å². The van der Waals surface area contributed by atoms with Crippen molar-refractivity contribution in [3.05, 3.63) is 0 Å².